The normalized spacial score (nSPS) is 27.9. The predicted octanol–water partition coefficient (Wildman–Crippen LogP) is 2.40. The van der Waals surface area contributed by atoms with Gasteiger partial charge in [0.1, 0.15) is 5.54 Å². The van der Waals surface area contributed by atoms with E-state index in [1.807, 2.05) is 18.7 Å². The van der Waals surface area contributed by atoms with Crippen molar-refractivity contribution in [2.75, 3.05) is 18.1 Å². The molecule has 0 spiro atoms. The van der Waals surface area contributed by atoms with E-state index < -0.39 is 5.54 Å². The van der Waals surface area contributed by atoms with E-state index in [-0.39, 0.29) is 5.91 Å². The summed E-state index contributed by atoms with van der Waals surface area (Å²) in [4.78, 5) is 11.8. The average molecular weight is 272 g/mol. The molecule has 3 N–H and O–H groups in total. The zero-order valence-corrected chi connectivity index (χ0v) is 12.8. The lowest BCUT2D eigenvalue weighted by atomic mass is 9.84. The van der Waals surface area contributed by atoms with E-state index in [0.29, 0.717) is 5.92 Å². The predicted molar refractivity (Wildman–Crippen MR) is 79.7 cm³/mol. The highest BCUT2D eigenvalue weighted by Gasteiger charge is 2.46. The van der Waals surface area contributed by atoms with Crippen molar-refractivity contribution in [3.05, 3.63) is 0 Å². The number of hydrogen-bond donors (Lipinski definition) is 2. The molecule has 0 aromatic heterocycles. The maximum Gasteiger partial charge on any atom is 0.238 e. The molecule has 1 amide bonds. The molecule has 1 saturated carbocycles. The Morgan fingerprint density at radius 2 is 2.28 bits per heavy atom. The Morgan fingerprint density at radius 3 is 2.83 bits per heavy atom. The first-order chi connectivity index (χ1) is 8.53. The first-order valence-corrected chi connectivity index (χ1v) is 8.31. The number of carbonyl (C=O) groups is 1. The van der Waals surface area contributed by atoms with Gasteiger partial charge in [-0.15, -0.1) is 0 Å². The van der Waals surface area contributed by atoms with Gasteiger partial charge in [-0.3, -0.25) is 4.79 Å². The summed E-state index contributed by atoms with van der Waals surface area (Å²) in [5.74, 6) is 3.37. The van der Waals surface area contributed by atoms with Crippen molar-refractivity contribution >= 4 is 17.7 Å². The fourth-order valence-electron chi connectivity index (χ4n) is 2.97. The molecule has 0 aliphatic heterocycles. The number of hydrogen-bond acceptors (Lipinski definition) is 3. The minimum Gasteiger partial charge on any atom is -0.368 e. The van der Waals surface area contributed by atoms with E-state index in [1.54, 1.807) is 0 Å². The molecule has 0 radical (unpaired) electrons. The summed E-state index contributed by atoms with van der Waals surface area (Å²) in [5, 5.41) is 3.37. The molecular formula is C14H28N2OS. The van der Waals surface area contributed by atoms with Gasteiger partial charge >= 0.3 is 0 Å². The molecule has 1 aliphatic rings. The average Bonchev–Trinajstić information content (AvgIpc) is 2.69. The van der Waals surface area contributed by atoms with E-state index in [9.17, 15) is 4.79 Å². The van der Waals surface area contributed by atoms with Crippen LogP contribution < -0.4 is 11.1 Å². The molecule has 2 unspecified atom stereocenters. The molecular weight excluding hydrogens is 244 g/mol. The first kappa shape index (κ1) is 15.8. The van der Waals surface area contributed by atoms with Gasteiger partial charge in [0.25, 0.3) is 0 Å². The summed E-state index contributed by atoms with van der Waals surface area (Å²) in [7, 11) is 0. The third-order valence-electron chi connectivity index (χ3n) is 3.81. The van der Waals surface area contributed by atoms with Crippen molar-refractivity contribution in [3.63, 3.8) is 0 Å². The summed E-state index contributed by atoms with van der Waals surface area (Å²) in [6.07, 6.45) is 4.27. The van der Waals surface area contributed by atoms with Crippen molar-refractivity contribution in [2.24, 2.45) is 17.6 Å². The Hall–Kier alpha value is -0.220. The fourth-order valence-corrected chi connectivity index (χ4v) is 4.06. The topological polar surface area (TPSA) is 55.1 Å². The molecule has 0 saturated heterocycles. The van der Waals surface area contributed by atoms with Crippen LogP contribution in [0.4, 0.5) is 0 Å². The van der Waals surface area contributed by atoms with Gasteiger partial charge in [0, 0.05) is 0 Å². The molecule has 0 aromatic carbocycles. The van der Waals surface area contributed by atoms with Gasteiger partial charge in [-0.05, 0) is 49.1 Å². The van der Waals surface area contributed by atoms with E-state index in [2.05, 4.69) is 19.2 Å². The van der Waals surface area contributed by atoms with E-state index in [4.69, 9.17) is 5.73 Å². The van der Waals surface area contributed by atoms with Gasteiger partial charge < -0.3 is 11.1 Å². The number of nitrogens with one attached hydrogen (secondary N) is 1. The number of nitrogens with two attached hydrogens (primary N) is 1. The molecule has 0 heterocycles. The van der Waals surface area contributed by atoms with E-state index >= 15 is 0 Å². The number of thioether (sulfide) groups is 1. The molecule has 2 atom stereocenters. The lowest BCUT2D eigenvalue weighted by Crippen LogP contribution is -2.57. The van der Waals surface area contributed by atoms with Gasteiger partial charge in [0.15, 0.2) is 0 Å². The quantitative estimate of drug-likeness (QED) is 0.667. The van der Waals surface area contributed by atoms with Crippen LogP contribution in [-0.2, 0) is 4.79 Å². The summed E-state index contributed by atoms with van der Waals surface area (Å²) >= 11 is 2.00. The zero-order chi connectivity index (χ0) is 13.6. The van der Waals surface area contributed by atoms with Crippen LogP contribution in [0.2, 0.25) is 0 Å². The Balaban J connectivity index is 2.49. The summed E-state index contributed by atoms with van der Waals surface area (Å²) in [5.41, 5.74) is 5.23. The Labute approximate surface area is 116 Å². The molecule has 4 heteroatoms. The Morgan fingerprint density at radius 1 is 1.56 bits per heavy atom. The Kier molecular flexibility index (Phi) is 6.50. The molecule has 1 rings (SSSR count). The molecule has 0 bridgehead atoms. The van der Waals surface area contributed by atoms with Crippen LogP contribution in [0.3, 0.4) is 0 Å². The Bertz CT molecular complexity index is 271. The number of primary amides is 1. The first-order valence-electron chi connectivity index (χ1n) is 7.15. The number of rotatable bonds is 8. The maximum absolute atomic E-state index is 11.8. The second kappa shape index (κ2) is 7.39. The van der Waals surface area contributed by atoms with E-state index in [0.717, 1.165) is 43.9 Å². The van der Waals surface area contributed by atoms with Crippen LogP contribution in [0, 0.1) is 11.8 Å². The van der Waals surface area contributed by atoms with Gasteiger partial charge in [-0.2, -0.15) is 11.8 Å². The van der Waals surface area contributed by atoms with E-state index in [1.165, 1.54) is 5.75 Å². The number of likely N-dealkylation sites (N-methyl/N-ethyl adjacent to an activating group) is 1. The third-order valence-corrected chi connectivity index (χ3v) is 5.24. The van der Waals surface area contributed by atoms with Gasteiger partial charge in [-0.25, -0.2) is 0 Å². The SMILES string of the molecule is CCNC1(C(N)=O)CCCC1CCSCC(C)C. The minimum absolute atomic E-state index is 0.152. The number of amides is 1. The summed E-state index contributed by atoms with van der Waals surface area (Å²) < 4.78 is 0. The lowest BCUT2D eigenvalue weighted by Gasteiger charge is -2.33. The number of carbonyl (C=O) groups excluding carboxylic acids is 1. The molecule has 1 aliphatic carbocycles. The highest BCUT2D eigenvalue weighted by molar-refractivity contribution is 7.99. The van der Waals surface area contributed by atoms with Crippen molar-refractivity contribution in [1.29, 1.82) is 0 Å². The van der Waals surface area contributed by atoms with Gasteiger partial charge in [-0.1, -0.05) is 27.2 Å². The largest absolute Gasteiger partial charge is 0.368 e. The summed E-state index contributed by atoms with van der Waals surface area (Å²) in [6, 6.07) is 0. The summed E-state index contributed by atoms with van der Waals surface area (Å²) in [6.45, 7) is 7.36. The van der Waals surface area contributed by atoms with Gasteiger partial charge in [0.05, 0.1) is 0 Å². The highest BCUT2D eigenvalue weighted by Crippen LogP contribution is 2.38. The zero-order valence-electron chi connectivity index (χ0n) is 12.0. The highest BCUT2D eigenvalue weighted by atomic mass is 32.2. The second-order valence-electron chi connectivity index (χ2n) is 5.71. The molecule has 0 aromatic rings. The van der Waals surface area contributed by atoms with Crippen LogP contribution in [0.1, 0.15) is 46.5 Å². The van der Waals surface area contributed by atoms with Crippen LogP contribution in [0.5, 0.6) is 0 Å². The van der Waals surface area contributed by atoms with Crippen molar-refractivity contribution < 1.29 is 4.79 Å². The van der Waals surface area contributed by atoms with Gasteiger partial charge in [0.2, 0.25) is 5.91 Å². The molecule has 106 valence electrons. The smallest absolute Gasteiger partial charge is 0.238 e. The molecule has 1 fully saturated rings. The van der Waals surface area contributed by atoms with Crippen LogP contribution in [-0.4, -0.2) is 29.5 Å². The van der Waals surface area contributed by atoms with Crippen LogP contribution in [0.15, 0.2) is 0 Å². The monoisotopic (exact) mass is 272 g/mol. The van der Waals surface area contributed by atoms with Crippen molar-refractivity contribution in [1.82, 2.24) is 5.32 Å². The second-order valence-corrected chi connectivity index (χ2v) is 6.86. The third kappa shape index (κ3) is 3.89. The van der Waals surface area contributed by atoms with Crippen molar-refractivity contribution in [3.8, 4) is 0 Å². The molecule has 3 nitrogen and oxygen atoms in total. The lowest BCUT2D eigenvalue weighted by molar-refractivity contribution is -0.125. The maximum atomic E-state index is 11.8. The van der Waals surface area contributed by atoms with Crippen LogP contribution >= 0.6 is 11.8 Å². The minimum atomic E-state index is -0.423. The molecule has 18 heavy (non-hydrogen) atoms. The van der Waals surface area contributed by atoms with Crippen molar-refractivity contribution in [2.45, 2.75) is 52.0 Å². The fraction of sp³-hybridized carbons (Fsp3) is 0.929. The standard InChI is InChI=1S/C14H28N2OS/c1-4-16-14(13(15)17)8-5-6-12(14)7-9-18-10-11(2)3/h11-12,16H,4-10H2,1-3H3,(H2,15,17). The van der Waals surface area contributed by atoms with Crippen LogP contribution in [0.25, 0.3) is 0 Å².